The quantitative estimate of drug-likeness (QED) is 0.316. The van der Waals surface area contributed by atoms with Crippen LogP contribution in [-0.4, -0.2) is 17.1 Å². The number of carbonyl (C=O) groups is 2. The fourth-order valence-corrected chi connectivity index (χ4v) is 3.55. The molecule has 12 heteroatoms. The average molecular weight is 480 g/mol. The molecule has 2 amide bonds. The van der Waals surface area contributed by atoms with Crippen LogP contribution in [0.5, 0.6) is 0 Å². The SMILES string of the molecule is CC(Sc1ccc(NC(=O)C2CC2)cc1)C(=O)Nc1c(F)c(F)c(C(F)(F)F)c(F)c1F. The van der Waals surface area contributed by atoms with Crippen molar-refractivity contribution in [2.45, 2.75) is 36.1 Å². The van der Waals surface area contributed by atoms with Crippen LogP contribution in [0.3, 0.4) is 0 Å². The van der Waals surface area contributed by atoms with Gasteiger partial charge in [-0.1, -0.05) is 0 Å². The van der Waals surface area contributed by atoms with E-state index in [2.05, 4.69) is 5.32 Å². The second kappa shape index (κ2) is 9.00. The van der Waals surface area contributed by atoms with E-state index in [1.165, 1.54) is 6.92 Å². The van der Waals surface area contributed by atoms with Crippen molar-refractivity contribution in [1.82, 2.24) is 0 Å². The first-order valence-electron chi connectivity index (χ1n) is 9.21. The van der Waals surface area contributed by atoms with Crippen LogP contribution in [0, 0.1) is 29.2 Å². The van der Waals surface area contributed by atoms with Gasteiger partial charge in [0.05, 0.1) is 5.25 Å². The molecule has 0 bridgehead atoms. The van der Waals surface area contributed by atoms with Crippen molar-refractivity contribution in [2.75, 3.05) is 10.6 Å². The monoisotopic (exact) mass is 480 g/mol. The van der Waals surface area contributed by atoms with Gasteiger partial charge < -0.3 is 10.6 Å². The molecule has 2 aromatic carbocycles. The van der Waals surface area contributed by atoms with Crippen molar-refractivity contribution < 1.29 is 40.3 Å². The molecule has 1 aliphatic rings. The molecule has 1 fully saturated rings. The van der Waals surface area contributed by atoms with Gasteiger partial charge in [-0.05, 0) is 44.0 Å². The first-order chi connectivity index (χ1) is 14.9. The Kier molecular flexibility index (Phi) is 6.72. The molecule has 0 aromatic heterocycles. The van der Waals surface area contributed by atoms with E-state index >= 15 is 0 Å². The highest BCUT2D eigenvalue weighted by atomic mass is 32.2. The van der Waals surface area contributed by atoms with Gasteiger partial charge >= 0.3 is 6.18 Å². The number of thioether (sulfide) groups is 1. The lowest BCUT2D eigenvalue weighted by Crippen LogP contribution is -2.25. The van der Waals surface area contributed by atoms with Gasteiger partial charge in [-0.15, -0.1) is 11.8 Å². The summed E-state index contributed by atoms with van der Waals surface area (Å²) in [7, 11) is 0. The van der Waals surface area contributed by atoms with Crippen molar-refractivity contribution in [1.29, 1.82) is 0 Å². The van der Waals surface area contributed by atoms with Crippen molar-refractivity contribution in [3.8, 4) is 0 Å². The van der Waals surface area contributed by atoms with Crippen molar-refractivity contribution in [3.05, 3.63) is 53.1 Å². The second-order valence-corrected chi connectivity index (χ2v) is 8.46. The zero-order chi connectivity index (χ0) is 23.8. The molecule has 1 aliphatic carbocycles. The van der Waals surface area contributed by atoms with Crippen LogP contribution < -0.4 is 10.6 Å². The predicted molar refractivity (Wildman–Crippen MR) is 103 cm³/mol. The minimum absolute atomic E-state index is 0.00781. The number of hydrogen-bond acceptors (Lipinski definition) is 3. The first-order valence-corrected chi connectivity index (χ1v) is 10.1. The van der Waals surface area contributed by atoms with E-state index in [-0.39, 0.29) is 11.8 Å². The van der Waals surface area contributed by atoms with Gasteiger partial charge in [0.25, 0.3) is 0 Å². The minimum atomic E-state index is -5.67. The molecule has 2 N–H and O–H groups in total. The summed E-state index contributed by atoms with van der Waals surface area (Å²) >= 11 is 0.908. The number of nitrogens with one attached hydrogen (secondary N) is 2. The largest absolute Gasteiger partial charge is 0.422 e. The van der Waals surface area contributed by atoms with Gasteiger partial charge in [0.15, 0.2) is 23.3 Å². The highest BCUT2D eigenvalue weighted by molar-refractivity contribution is 8.00. The molecule has 1 atom stereocenters. The molecule has 4 nitrogen and oxygen atoms in total. The van der Waals surface area contributed by atoms with Crippen molar-refractivity contribution >= 4 is 35.0 Å². The molecule has 2 aromatic rings. The molecule has 172 valence electrons. The Hall–Kier alpha value is -2.76. The highest BCUT2D eigenvalue weighted by Crippen LogP contribution is 2.39. The number of carbonyl (C=O) groups excluding carboxylic acids is 2. The second-order valence-electron chi connectivity index (χ2n) is 7.04. The summed E-state index contributed by atoms with van der Waals surface area (Å²) in [5, 5.41) is 3.27. The van der Waals surface area contributed by atoms with Gasteiger partial charge in [-0.25, -0.2) is 17.6 Å². The summed E-state index contributed by atoms with van der Waals surface area (Å²) in [4.78, 5) is 24.5. The standard InChI is InChI=1S/C20H15F7N2O2S/c1-8(32-11-6-4-10(5-7-11)28-19(31)9-2-3-9)18(30)29-17-15(23)13(21)12(20(25,26)27)14(22)16(17)24/h4-9H,2-3H2,1H3,(H,28,31)(H,29,30). The lowest BCUT2D eigenvalue weighted by molar-refractivity contribution is -0.143. The highest BCUT2D eigenvalue weighted by Gasteiger charge is 2.42. The van der Waals surface area contributed by atoms with Crippen molar-refractivity contribution in [3.63, 3.8) is 0 Å². The van der Waals surface area contributed by atoms with E-state index in [1.54, 1.807) is 29.6 Å². The Morgan fingerprint density at radius 2 is 1.47 bits per heavy atom. The molecule has 32 heavy (non-hydrogen) atoms. The number of hydrogen-bond donors (Lipinski definition) is 2. The van der Waals surface area contributed by atoms with E-state index in [9.17, 15) is 40.3 Å². The lowest BCUT2D eigenvalue weighted by Gasteiger charge is -2.16. The van der Waals surface area contributed by atoms with Crippen LogP contribution in [0.25, 0.3) is 0 Å². The van der Waals surface area contributed by atoms with E-state index in [4.69, 9.17) is 0 Å². The van der Waals surface area contributed by atoms with Crippen LogP contribution in [0.1, 0.15) is 25.3 Å². The van der Waals surface area contributed by atoms with E-state index in [0.717, 1.165) is 24.6 Å². The van der Waals surface area contributed by atoms with Crippen LogP contribution >= 0.6 is 11.8 Å². The summed E-state index contributed by atoms with van der Waals surface area (Å²) in [5.41, 5.74) is -3.84. The number of anilines is 2. The molecule has 0 radical (unpaired) electrons. The number of halogens is 7. The van der Waals surface area contributed by atoms with E-state index in [0.29, 0.717) is 10.6 Å². The van der Waals surface area contributed by atoms with E-state index < -0.39 is 51.9 Å². The fraction of sp³-hybridized carbons (Fsp3) is 0.300. The molecule has 0 heterocycles. The maximum Gasteiger partial charge on any atom is 0.422 e. The molecule has 1 saturated carbocycles. The Morgan fingerprint density at radius 3 is 1.94 bits per heavy atom. The third-order valence-electron chi connectivity index (χ3n) is 4.55. The Balaban J connectivity index is 1.70. The summed E-state index contributed by atoms with van der Waals surface area (Å²) in [6, 6.07) is 6.28. The summed E-state index contributed by atoms with van der Waals surface area (Å²) in [6.07, 6.45) is -4.01. The molecule has 0 aliphatic heterocycles. The van der Waals surface area contributed by atoms with Crippen molar-refractivity contribution in [2.24, 2.45) is 5.92 Å². The van der Waals surface area contributed by atoms with Gasteiger partial charge in [0.2, 0.25) is 11.8 Å². The maximum atomic E-state index is 14.0. The Morgan fingerprint density at radius 1 is 0.938 bits per heavy atom. The molecule has 0 spiro atoms. The van der Waals surface area contributed by atoms with Gasteiger partial charge in [0.1, 0.15) is 11.3 Å². The summed E-state index contributed by atoms with van der Waals surface area (Å²) in [5.74, 6) is -11.2. The molecule has 3 rings (SSSR count). The predicted octanol–water partition coefficient (Wildman–Crippen LogP) is 5.73. The fourth-order valence-electron chi connectivity index (χ4n) is 2.68. The normalized spacial score (nSPS) is 14.8. The molecular formula is C20H15F7N2O2S. The average Bonchev–Trinajstić information content (AvgIpc) is 3.55. The number of alkyl halides is 3. The van der Waals surface area contributed by atoms with Crippen LogP contribution in [0.2, 0.25) is 0 Å². The van der Waals surface area contributed by atoms with Crippen LogP contribution in [0.4, 0.5) is 42.1 Å². The molecule has 0 saturated heterocycles. The Labute approximate surface area is 181 Å². The number of benzene rings is 2. The molecule has 1 unspecified atom stereocenters. The topological polar surface area (TPSA) is 58.2 Å². The zero-order valence-electron chi connectivity index (χ0n) is 16.2. The smallest absolute Gasteiger partial charge is 0.326 e. The number of amides is 2. The Bertz CT molecular complexity index is 1020. The summed E-state index contributed by atoms with van der Waals surface area (Å²) in [6.45, 7) is 1.31. The van der Waals surface area contributed by atoms with Crippen LogP contribution in [-0.2, 0) is 15.8 Å². The van der Waals surface area contributed by atoms with Gasteiger partial charge in [0, 0.05) is 16.5 Å². The minimum Gasteiger partial charge on any atom is -0.326 e. The molecular weight excluding hydrogens is 465 g/mol. The lowest BCUT2D eigenvalue weighted by atomic mass is 10.1. The third kappa shape index (κ3) is 5.17. The third-order valence-corrected chi connectivity index (χ3v) is 5.66. The number of rotatable bonds is 6. The van der Waals surface area contributed by atoms with Crippen LogP contribution in [0.15, 0.2) is 29.2 Å². The van der Waals surface area contributed by atoms with Gasteiger partial charge in [-0.3, -0.25) is 9.59 Å². The maximum absolute atomic E-state index is 14.0. The van der Waals surface area contributed by atoms with Gasteiger partial charge in [-0.2, -0.15) is 13.2 Å². The first kappa shape index (κ1) is 23.9. The zero-order valence-corrected chi connectivity index (χ0v) is 17.1. The van der Waals surface area contributed by atoms with E-state index in [1.807, 2.05) is 0 Å². The summed E-state index contributed by atoms with van der Waals surface area (Å²) < 4.78 is 93.2.